The normalized spacial score (nSPS) is 14.8. The van der Waals surface area contributed by atoms with E-state index in [0.717, 1.165) is 43.0 Å². The van der Waals surface area contributed by atoms with Gasteiger partial charge in [-0.2, -0.15) is 0 Å². The van der Waals surface area contributed by atoms with Crippen LogP contribution >= 0.6 is 23.7 Å². The van der Waals surface area contributed by atoms with Gasteiger partial charge in [0.2, 0.25) is 6.41 Å². The van der Waals surface area contributed by atoms with E-state index in [1.807, 2.05) is 24.3 Å². The lowest BCUT2D eigenvalue weighted by atomic mass is 10.1. The number of aromatic carboxylic acids is 1. The lowest BCUT2D eigenvalue weighted by molar-refractivity contribution is -0.110. The molecule has 2 aromatic carbocycles. The molecule has 1 heterocycles. The molecular weight excluding hydrogens is 444 g/mol. The van der Waals surface area contributed by atoms with Crippen LogP contribution in [0.25, 0.3) is 0 Å². The van der Waals surface area contributed by atoms with E-state index < -0.39 is 5.97 Å². The highest BCUT2D eigenvalue weighted by Gasteiger charge is 2.19. The van der Waals surface area contributed by atoms with Crippen LogP contribution in [0.2, 0.25) is 0 Å². The number of hydrogen-bond acceptors (Lipinski definition) is 6. The molecule has 3 rings (SSSR count). The number of carbonyl (C=O) groups is 2. The van der Waals surface area contributed by atoms with Gasteiger partial charge in [-0.15, -0.1) is 11.8 Å². The number of ether oxygens (including phenoxy) is 1. The van der Waals surface area contributed by atoms with Gasteiger partial charge in [-0.3, -0.25) is 4.79 Å². The average molecular weight is 477 g/mol. The molecule has 0 bridgehead atoms. The zero-order valence-corrected chi connectivity index (χ0v) is 20.7. The summed E-state index contributed by atoms with van der Waals surface area (Å²) in [5, 5.41) is 11.6. The van der Waals surface area contributed by atoms with E-state index in [1.165, 1.54) is 4.90 Å². The maximum Gasteiger partial charge on any atom is 0.335 e. The van der Waals surface area contributed by atoms with Crippen molar-refractivity contribution in [3.63, 3.8) is 0 Å². The second kappa shape index (κ2) is 12.8. The molecule has 8 heteroatoms. The highest BCUT2D eigenvalue weighted by atomic mass is 32.2. The number of nitrogens with one attached hydrogen (secondary N) is 1. The van der Waals surface area contributed by atoms with Gasteiger partial charge >= 0.3 is 5.97 Å². The molecule has 1 aliphatic rings. The zero-order chi connectivity index (χ0) is 23.6. The van der Waals surface area contributed by atoms with E-state index in [9.17, 15) is 9.59 Å². The number of piperidine rings is 1. The predicted octanol–water partition coefficient (Wildman–Crippen LogP) is 5.19. The molecule has 0 radical (unpaired) electrons. The standard InChI is InChI=1S/C13H16N2O3S.C11H16OS/c16-9-14-11-5-7-15(8-6-11)19-12-3-1-10(2-4-12)13(17)18;1-11(2,3)12-9-5-7-10(13-4)8-6-9/h1-4,9,11H,5-8H2,(H,14,16)(H,17,18);5-8H,1-4H3. The van der Waals surface area contributed by atoms with Crippen LogP contribution in [0.5, 0.6) is 5.75 Å². The Kier molecular flexibility index (Phi) is 10.4. The molecule has 1 amide bonds. The molecular formula is C24H32N2O4S2. The van der Waals surface area contributed by atoms with Crippen molar-refractivity contribution in [2.75, 3.05) is 19.3 Å². The van der Waals surface area contributed by atoms with Crippen molar-refractivity contribution in [3.8, 4) is 5.75 Å². The summed E-state index contributed by atoms with van der Waals surface area (Å²) in [5.74, 6) is 0.0302. The van der Waals surface area contributed by atoms with E-state index in [1.54, 1.807) is 35.8 Å². The molecule has 32 heavy (non-hydrogen) atoms. The lowest BCUT2D eigenvalue weighted by Gasteiger charge is -2.30. The Balaban J connectivity index is 0.000000244. The SMILES string of the molecule is CSc1ccc(OC(C)(C)C)cc1.O=CNC1CCN(Sc2ccc(C(=O)O)cc2)CC1. The van der Waals surface area contributed by atoms with E-state index in [2.05, 4.69) is 48.8 Å². The first-order chi connectivity index (χ1) is 15.2. The Morgan fingerprint density at radius 1 is 1.06 bits per heavy atom. The fraction of sp³-hybridized carbons (Fsp3) is 0.417. The molecule has 6 nitrogen and oxygen atoms in total. The van der Waals surface area contributed by atoms with Crippen LogP contribution in [0.1, 0.15) is 44.0 Å². The van der Waals surface area contributed by atoms with Gasteiger partial charge in [0.15, 0.2) is 0 Å². The third-order valence-electron chi connectivity index (χ3n) is 4.58. The molecule has 174 valence electrons. The number of rotatable bonds is 7. The Labute approximate surface area is 199 Å². The highest BCUT2D eigenvalue weighted by Crippen LogP contribution is 2.26. The molecule has 0 aliphatic carbocycles. The van der Waals surface area contributed by atoms with Crippen LogP contribution in [0.4, 0.5) is 0 Å². The second-order valence-electron chi connectivity index (χ2n) is 8.30. The quantitative estimate of drug-likeness (QED) is 0.323. The lowest BCUT2D eigenvalue weighted by Crippen LogP contribution is -2.39. The van der Waals surface area contributed by atoms with Gasteiger partial charge in [0.25, 0.3) is 0 Å². The van der Waals surface area contributed by atoms with E-state index in [4.69, 9.17) is 9.84 Å². The van der Waals surface area contributed by atoms with Crippen LogP contribution in [-0.4, -0.2) is 52.8 Å². The fourth-order valence-corrected chi connectivity index (χ4v) is 4.37. The molecule has 2 N–H and O–H groups in total. The van der Waals surface area contributed by atoms with Crippen LogP contribution in [0.3, 0.4) is 0 Å². The molecule has 1 saturated heterocycles. The number of carbonyl (C=O) groups excluding carboxylic acids is 1. The fourth-order valence-electron chi connectivity index (χ4n) is 3.01. The van der Waals surface area contributed by atoms with E-state index >= 15 is 0 Å². The van der Waals surface area contributed by atoms with Gasteiger partial charge in [0.1, 0.15) is 11.4 Å². The summed E-state index contributed by atoms with van der Waals surface area (Å²) in [5.41, 5.74) is 0.194. The van der Waals surface area contributed by atoms with Crippen molar-refractivity contribution in [1.82, 2.24) is 9.62 Å². The summed E-state index contributed by atoms with van der Waals surface area (Å²) in [6.45, 7) is 7.98. The summed E-state index contributed by atoms with van der Waals surface area (Å²) in [6, 6.07) is 15.3. The van der Waals surface area contributed by atoms with Gasteiger partial charge in [-0.05, 0) is 100 Å². The smallest absolute Gasteiger partial charge is 0.335 e. The molecule has 1 aliphatic heterocycles. The number of amides is 1. The molecule has 1 fully saturated rings. The van der Waals surface area contributed by atoms with E-state index in [-0.39, 0.29) is 11.6 Å². The van der Waals surface area contributed by atoms with Crippen LogP contribution in [0, 0.1) is 0 Å². The van der Waals surface area contributed by atoms with Gasteiger partial charge in [-0.25, -0.2) is 9.10 Å². The Hall–Kier alpha value is -2.16. The number of benzene rings is 2. The largest absolute Gasteiger partial charge is 0.488 e. The number of carboxylic acid groups (broad SMARTS) is 1. The van der Waals surface area contributed by atoms with Gasteiger partial charge in [0, 0.05) is 28.9 Å². The first kappa shape index (κ1) is 26.1. The number of carboxylic acids is 1. The first-order valence-electron chi connectivity index (χ1n) is 10.5. The van der Waals surface area contributed by atoms with Gasteiger partial charge < -0.3 is 15.2 Å². The Bertz CT molecular complexity index is 844. The second-order valence-corrected chi connectivity index (χ2v) is 10.3. The van der Waals surface area contributed by atoms with Crippen molar-refractivity contribution in [2.24, 2.45) is 0 Å². The summed E-state index contributed by atoms with van der Waals surface area (Å²) in [4.78, 5) is 23.4. The average Bonchev–Trinajstić information content (AvgIpc) is 2.76. The first-order valence-corrected chi connectivity index (χ1v) is 12.5. The molecule has 0 aromatic heterocycles. The number of hydrogen-bond donors (Lipinski definition) is 2. The summed E-state index contributed by atoms with van der Waals surface area (Å²) in [6.07, 6.45) is 4.72. The van der Waals surface area contributed by atoms with Crippen molar-refractivity contribution in [1.29, 1.82) is 0 Å². The molecule has 0 unspecified atom stereocenters. The topological polar surface area (TPSA) is 78.9 Å². The molecule has 0 saturated carbocycles. The summed E-state index contributed by atoms with van der Waals surface area (Å²) >= 11 is 3.37. The minimum absolute atomic E-state index is 0.110. The van der Waals surface area contributed by atoms with Gasteiger partial charge in [0.05, 0.1) is 5.56 Å². The molecule has 0 spiro atoms. The minimum Gasteiger partial charge on any atom is -0.488 e. The van der Waals surface area contributed by atoms with Crippen molar-refractivity contribution >= 4 is 36.1 Å². The summed E-state index contributed by atoms with van der Waals surface area (Å²) < 4.78 is 7.93. The maximum atomic E-state index is 10.7. The van der Waals surface area contributed by atoms with Crippen molar-refractivity contribution < 1.29 is 19.4 Å². The Morgan fingerprint density at radius 3 is 2.09 bits per heavy atom. The number of thioether (sulfide) groups is 1. The van der Waals surface area contributed by atoms with Crippen molar-refractivity contribution in [2.45, 2.75) is 55.0 Å². The maximum absolute atomic E-state index is 10.7. The summed E-state index contributed by atoms with van der Waals surface area (Å²) in [7, 11) is 0. The van der Waals surface area contributed by atoms with Crippen molar-refractivity contribution in [3.05, 3.63) is 54.1 Å². The Morgan fingerprint density at radius 2 is 1.62 bits per heavy atom. The minimum atomic E-state index is -0.905. The third kappa shape index (κ3) is 9.54. The van der Waals surface area contributed by atoms with Crippen LogP contribution in [-0.2, 0) is 4.79 Å². The molecule has 2 aromatic rings. The van der Waals surface area contributed by atoms with Crippen LogP contribution < -0.4 is 10.1 Å². The zero-order valence-electron chi connectivity index (χ0n) is 19.0. The highest BCUT2D eigenvalue weighted by molar-refractivity contribution is 7.98. The number of nitrogens with zero attached hydrogens (tertiary/aromatic N) is 1. The van der Waals surface area contributed by atoms with E-state index in [0.29, 0.717) is 5.56 Å². The predicted molar refractivity (Wildman–Crippen MR) is 132 cm³/mol. The van der Waals surface area contributed by atoms with Gasteiger partial charge in [-0.1, -0.05) is 0 Å². The molecule has 0 atom stereocenters. The van der Waals surface area contributed by atoms with Crippen LogP contribution in [0.15, 0.2) is 58.3 Å². The monoisotopic (exact) mass is 476 g/mol. The third-order valence-corrected chi connectivity index (χ3v) is 6.43.